The fourth-order valence-corrected chi connectivity index (χ4v) is 5.72. The van der Waals surface area contributed by atoms with Crippen LogP contribution in [-0.2, 0) is 0 Å². The fourth-order valence-electron chi connectivity index (χ4n) is 5.72. The molecule has 1 aliphatic carbocycles. The second-order valence-corrected chi connectivity index (χ2v) is 9.73. The van der Waals surface area contributed by atoms with Crippen LogP contribution in [0.15, 0.2) is 30.9 Å². The van der Waals surface area contributed by atoms with Crippen molar-refractivity contribution in [2.75, 3.05) is 29.9 Å². The Morgan fingerprint density at radius 1 is 1.17 bits per heavy atom. The number of nitrogens with one attached hydrogen (secondary N) is 2. The van der Waals surface area contributed by atoms with Gasteiger partial charge in [0.15, 0.2) is 11.5 Å². The highest BCUT2D eigenvalue weighted by Crippen LogP contribution is 2.40. The van der Waals surface area contributed by atoms with E-state index in [0.717, 1.165) is 25.8 Å². The number of aryl methyl sites for hydroxylation is 1. The Morgan fingerprint density at radius 3 is 2.69 bits per heavy atom. The molecular formula is C25H30F3N7O. The summed E-state index contributed by atoms with van der Waals surface area (Å²) in [4.78, 5) is 28.0. The number of amides is 1. The van der Waals surface area contributed by atoms with Gasteiger partial charge in [-0.3, -0.25) is 4.79 Å². The molecular weight excluding hydrogens is 471 g/mol. The van der Waals surface area contributed by atoms with E-state index in [2.05, 4.69) is 30.5 Å². The lowest BCUT2D eigenvalue weighted by atomic mass is 9.87. The molecule has 8 nitrogen and oxygen atoms in total. The quantitative estimate of drug-likeness (QED) is 0.484. The van der Waals surface area contributed by atoms with Crippen molar-refractivity contribution in [2.24, 2.45) is 11.8 Å². The topological polar surface area (TPSA) is 87.5 Å². The summed E-state index contributed by atoms with van der Waals surface area (Å²) in [5.74, 6) is 0.404. The van der Waals surface area contributed by atoms with Crippen LogP contribution < -0.4 is 15.5 Å². The van der Waals surface area contributed by atoms with E-state index in [9.17, 15) is 18.0 Å². The smallest absolute Gasteiger partial charge is 0.275 e. The zero-order valence-electron chi connectivity index (χ0n) is 20.1. The van der Waals surface area contributed by atoms with Crippen LogP contribution in [0.1, 0.15) is 48.3 Å². The zero-order chi connectivity index (χ0) is 25.2. The summed E-state index contributed by atoms with van der Waals surface area (Å²) in [6, 6.07) is 1.43. The molecule has 1 saturated carbocycles. The van der Waals surface area contributed by atoms with Gasteiger partial charge in [-0.2, -0.15) is 0 Å². The first-order valence-corrected chi connectivity index (χ1v) is 12.4. The standard InChI is InChI=1S/C25H30F3N7O/c1-15-13-34-14-18(8-19(26)24(34)32-15)33-25(36)20-10-31-22(12-30-20)35-7-6-17(9-29-11-21(27)28)23(35)16-4-2-3-5-16/h8,10,12-14,16-17,21,23,29H,2-7,9,11H2,1H3,(H,33,36)/t17-,23?/m0/s1. The average molecular weight is 502 g/mol. The number of imidazole rings is 1. The molecule has 4 heterocycles. The number of pyridine rings is 1. The van der Waals surface area contributed by atoms with Gasteiger partial charge >= 0.3 is 0 Å². The Hall–Kier alpha value is -3.21. The minimum absolute atomic E-state index is 0.118. The van der Waals surface area contributed by atoms with Crippen molar-refractivity contribution in [3.05, 3.63) is 48.1 Å². The van der Waals surface area contributed by atoms with Crippen LogP contribution in [0.25, 0.3) is 5.65 Å². The van der Waals surface area contributed by atoms with Crippen LogP contribution in [-0.4, -0.2) is 57.4 Å². The summed E-state index contributed by atoms with van der Waals surface area (Å²) in [5, 5.41) is 5.59. The summed E-state index contributed by atoms with van der Waals surface area (Å²) in [6.45, 7) is 2.79. The van der Waals surface area contributed by atoms with Gasteiger partial charge in [0.2, 0.25) is 0 Å². The fraction of sp³-hybridized carbons (Fsp3) is 0.520. The van der Waals surface area contributed by atoms with Gasteiger partial charge in [0.05, 0.1) is 30.3 Å². The Balaban J connectivity index is 1.29. The van der Waals surface area contributed by atoms with E-state index < -0.39 is 18.1 Å². The molecule has 3 aromatic heterocycles. The predicted octanol–water partition coefficient (Wildman–Crippen LogP) is 4.06. The van der Waals surface area contributed by atoms with Gasteiger partial charge in [0.25, 0.3) is 12.3 Å². The van der Waals surface area contributed by atoms with Crippen molar-refractivity contribution in [1.82, 2.24) is 24.7 Å². The number of hydrogen-bond donors (Lipinski definition) is 2. The van der Waals surface area contributed by atoms with Gasteiger partial charge in [-0.25, -0.2) is 28.1 Å². The molecule has 36 heavy (non-hydrogen) atoms. The molecule has 0 spiro atoms. The molecule has 0 aromatic carbocycles. The van der Waals surface area contributed by atoms with Gasteiger partial charge in [-0.1, -0.05) is 12.8 Å². The van der Waals surface area contributed by atoms with Gasteiger partial charge in [-0.05, 0) is 38.0 Å². The largest absolute Gasteiger partial charge is 0.352 e. The molecule has 2 aliphatic rings. The van der Waals surface area contributed by atoms with E-state index in [1.165, 1.54) is 29.5 Å². The Morgan fingerprint density at radius 2 is 1.97 bits per heavy atom. The van der Waals surface area contributed by atoms with Crippen molar-refractivity contribution >= 4 is 23.1 Å². The third-order valence-corrected chi connectivity index (χ3v) is 7.22. The number of anilines is 2. The lowest BCUT2D eigenvalue weighted by Crippen LogP contribution is -2.42. The van der Waals surface area contributed by atoms with Gasteiger partial charge < -0.3 is 19.9 Å². The molecule has 2 atom stereocenters. The van der Waals surface area contributed by atoms with E-state index in [-0.39, 0.29) is 35.5 Å². The van der Waals surface area contributed by atoms with Crippen LogP contribution in [0.3, 0.4) is 0 Å². The summed E-state index contributed by atoms with van der Waals surface area (Å²) in [6.07, 6.45) is 9.43. The monoisotopic (exact) mass is 501 g/mol. The van der Waals surface area contributed by atoms with E-state index in [1.54, 1.807) is 25.5 Å². The summed E-state index contributed by atoms with van der Waals surface area (Å²) in [5.41, 5.74) is 1.27. The number of hydrogen-bond acceptors (Lipinski definition) is 6. The maximum Gasteiger partial charge on any atom is 0.275 e. The molecule has 5 rings (SSSR count). The predicted molar refractivity (Wildman–Crippen MR) is 130 cm³/mol. The van der Waals surface area contributed by atoms with Crippen LogP contribution in [0, 0.1) is 24.6 Å². The molecule has 11 heteroatoms. The van der Waals surface area contributed by atoms with Crippen molar-refractivity contribution in [3.63, 3.8) is 0 Å². The van der Waals surface area contributed by atoms with Crippen molar-refractivity contribution in [2.45, 2.75) is 51.5 Å². The zero-order valence-corrected chi connectivity index (χ0v) is 20.1. The summed E-state index contributed by atoms with van der Waals surface area (Å²) >= 11 is 0. The lowest BCUT2D eigenvalue weighted by Gasteiger charge is -2.34. The molecule has 2 fully saturated rings. The third-order valence-electron chi connectivity index (χ3n) is 7.22. The number of rotatable bonds is 8. The van der Waals surface area contributed by atoms with Crippen molar-refractivity contribution < 1.29 is 18.0 Å². The van der Waals surface area contributed by atoms with Crippen LogP contribution in [0.4, 0.5) is 24.7 Å². The maximum absolute atomic E-state index is 14.3. The molecule has 1 unspecified atom stereocenters. The average Bonchev–Trinajstić information content (AvgIpc) is 3.58. The number of halogens is 3. The number of aromatic nitrogens is 4. The highest BCUT2D eigenvalue weighted by atomic mass is 19.3. The first-order chi connectivity index (χ1) is 17.4. The number of carbonyl (C=O) groups excluding carboxylic acids is 1. The molecule has 1 aliphatic heterocycles. The normalized spacial score (nSPS) is 20.6. The highest BCUT2D eigenvalue weighted by Gasteiger charge is 2.41. The van der Waals surface area contributed by atoms with Gasteiger partial charge in [0.1, 0.15) is 11.5 Å². The van der Waals surface area contributed by atoms with Gasteiger partial charge in [0, 0.05) is 37.6 Å². The van der Waals surface area contributed by atoms with E-state index in [0.29, 0.717) is 24.0 Å². The number of carbonyl (C=O) groups is 1. The molecule has 3 aromatic rings. The minimum Gasteiger partial charge on any atom is -0.352 e. The van der Waals surface area contributed by atoms with Crippen LogP contribution in [0.5, 0.6) is 0 Å². The van der Waals surface area contributed by atoms with E-state index >= 15 is 0 Å². The number of nitrogens with zero attached hydrogens (tertiary/aromatic N) is 5. The molecule has 2 N–H and O–H groups in total. The number of fused-ring (bicyclic) bond motifs is 1. The molecule has 1 saturated heterocycles. The molecule has 0 bridgehead atoms. The second kappa shape index (κ2) is 10.4. The first kappa shape index (κ1) is 24.5. The molecule has 192 valence electrons. The SMILES string of the molecule is Cc1cn2cc(NC(=O)c3cnc(N4CC[C@@H](CNCC(F)F)C4C4CCCC4)cn3)cc(F)c2n1. The summed E-state index contributed by atoms with van der Waals surface area (Å²) in [7, 11) is 0. The molecule has 1 amide bonds. The second-order valence-electron chi connectivity index (χ2n) is 9.73. The van der Waals surface area contributed by atoms with E-state index in [1.807, 2.05) is 0 Å². The number of alkyl halides is 2. The first-order valence-electron chi connectivity index (χ1n) is 12.4. The maximum atomic E-state index is 14.3. The Labute approximate surface area is 207 Å². The van der Waals surface area contributed by atoms with Gasteiger partial charge in [-0.15, -0.1) is 0 Å². The van der Waals surface area contributed by atoms with Crippen LogP contribution >= 0.6 is 0 Å². The minimum atomic E-state index is -2.36. The Bertz CT molecular complexity index is 1210. The van der Waals surface area contributed by atoms with Crippen LogP contribution in [0.2, 0.25) is 0 Å². The van der Waals surface area contributed by atoms with Crippen molar-refractivity contribution in [1.29, 1.82) is 0 Å². The lowest BCUT2D eigenvalue weighted by molar-refractivity contribution is 0.102. The Kier molecular flexibility index (Phi) is 7.08. The van der Waals surface area contributed by atoms with E-state index in [4.69, 9.17) is 0 Å². The summed E-state index contributed by atoms with van der Waals surface area (Å²) < 4.78 is 41.1. The third kappa shape index (κ3) is 5.16. The highest BCUT2D eigenvalue weighted by molar-refractivity contribution is 6.02. The molecule has 0 radical (unpaired) electrons. The van der Waals surface area contributed by atoms with Crippen molar-refractivity contribution in [3.8, 4) is 0 Å².